The summed E-state index contributed by atoms with van der Waals surface area (Å²) >= 11 is 0. The van der Waals surface area contributed by atoms with Crippen LogP contribution in [0.5, 0.6) is 0 Å². The molecule has 1 amide bonds. The molecule has 3 heterocycles. The van der Waals surface area contributed by atoms with Crippen LogP contribution in [0.3, 0.4) is 0 Å². The number of pyridine rings is 1. The Hall–Kier alpha value is -1.58. The molecular weight excluding hydrogens is 491 g/mol. The van der Waals surface area contributed by atoms with Crippen LogP contribution in [0.1, 0.15) is 57.9 Å². The summed E-state index contributed by atoms with van der Waals surface area (Å²) in [6, 6.07) is 4.48. The molecule has 168 valence electrons. The van der Waals surface area contributed by atoms with Gasteiger partial charge in [0.15, 0.2) is 5.96 Å². The maximum atomic E-state index is 11.9. The standard InChI is InChI=1S/C22H36N6O.HI/c1-3-21(29)28-14-10-19(17-28)26-22(23-4-2)25-16-18-9-11-24-20(15-18)27-12-7-5-6-8-13-27;/h9,11,15,19H,3-8,10,12-14,16-17H2,1-2H3,(H2,23,25,26);1H. The van der Waals surface area contributed by atoms with Gasteiger partial charge < -0.3 is 20.4 Å². The zero-order valence-electron chi connectivity index (χ0n) is 18.4. The number of aliphatic imine (C=N–C) groups is 1. The fraction of sp³-hybridized carbons (Fsp3) is 0.682. The van der Waals surface area contributed by atoms with Crippen LogP contribution in [0.25, 0.3) is 0 Å². The number of nitrogens with zero attached hydrogens (tertiary/aromatic N) is 4. The van der Waals surface area contributed by atoms with E-state index in [9.17, 15) is 4.79 Å². The smallest absolute Gasteiger partial charge is 0.222 e. The quantitative estimate of drug-likeness (QED) is 0.337. The van der Waals surface area contributed by atoms with Crippen LogP contribution in [0.2, 0.25) is 0 Å². The Balaban J connectivity index is 0.00000320. The highest BCUT2D eigenvalue weighted by Crippen LogP contribution is 2.18. The third-order valence-corrected chi connectivity index (χ3v) is 5.69. The van der Waals surface area contributed by atoms with Gasteiger partial charge in [0, 0.05) is 51.4 Å². The summed E-state index contributed by atoms with van der Waals surface area (Å²) in [4.78, 5) is 25.6. The zero-order chi connectivity index (χ0) is 20.5. The van der Waals surface area contributed by atoms with Gasteiger partial charge >= 0.3 is 0 Å². The van der Waals surface area contributed by atoms with Gasteiger partial charge in [-0.3, -0.25) is 4.79 Å². The van der Waals surface area contributed by atoms with Crippen molar-refractivity contribution in [3.63, 3.8) is 0 Å². The lowest BCUT2D eigenvalue weighted by molar-refractivity contribution is -0.129. The van der Waals surface area contributed by atoms with Crippen molar-refractivity contribution in [2.75, 3.05) is 37.6 Å². The summed E-state index contributed by atoms with van der Waals surface area (Å²) in [5.41, 5.74) is 1.17. The highest BCUT2D eigenvalue weighted by atomic mass is 127. The number of guanidine groups is 1. The second kappa shape index (κ2) is 13.0. The number of amides is 1. The van der Waals surface area contributed by atoms with Crippen molar-refractivity contribution in [2.45, 2.75) is 65.0 Å². The Morgan fingerprint density at radius 1 is 1.20 bits per heavy atom. The van der Waals surface area contributed by atoms with E-state index in [0.717, 1.165) is 50.9 Å². The molecule has 0 aromatic carbocycles. The first-order chi connectivity index (χ1) is 14.2. The SMILES string of the molecule is CCNC(=NCc1ccnc(N2CCCCCC2)c1)NC1CCN(C(=O)CC)C1.I. The normalized spacial score (nSPS) is 19.8. The molecular formula is C22H37IN6O. The van der Waals surface area contributed by atoms with Crippen molar-refractivity contribution < 1.29 is 4.79 Å². The number of carbonyl (C=O) groups excluding carboxylic acids is 1. The summed E-state index contributed by atoms with van der Waals surface area (Å²) in [7, 11) is 0. The van der Waals surface area contributed by atoms with Crippen LogP contribution in [0.4, 0.5) is 5.82 Å². The molecule has 2 aliphatic rings. The van der Waals surface area contributed by atoms with Crippen molar-refractivity contribution in [2.24, 2.45) is 4.99 Å². The first kappa shape index (κ1) is 24.7. The van der Waals surface area contributed by atoms with Crippen LogP contribution in [0, 0.1) is 0 Å². The molecule has 0 saturated carbocycles. The van der Waals surface area contributed by atoms with E-state index in [1.165, 1.54) is 31.2 Å². The molecule has 1 unspecified atom stereocenters. The Morgan fingerprint density at radius 3 is 2.67 bits per heavy atom. The Kier molecular flexibility index (Phi) is 10.7. The molecule has 0 radical (unpaired) electrons. The molecule has 2 fully saturated rings. The van der Waals surface area contributed by atoms with Gasteiger partial charge in [-0.1, -0.05) is 19.8 Å². The van der Waals surface area contributed by atoms with E-state index in [1.54, 1.807) is 0 Å². The summed E-state index contributed by atoms with van der Waals surface area (Å²) in [5, 5.41) is 6.83. The van der Waals surface area contributed by atoms with Gasteiger partial charge in [-0.2, -0.15) is 0 Å². The van der Waals surface area contributed by atoms with E-state index in [2.05, 4.69) is 33.5 Å². The molecule has 1 aromatic rings. The summed E-state index contributed by atoms with van der Waals surface area (Å²) < 4.78 is 0. The Morgan fingerprint density at radius 2 is 1.97 bits per heavy atom. The number of anilines is 1. The fourth-order valence-corrected chi connectivity index (χ4v) is 4.04. The lowest BCUT2D eigenvalue weighted by atomic mass is 10.2. The molecule has 1 aromatic heterocycles. The van der Waals surface area contributed by atoms with E-state index in [-0.39, 0.29) is 35.9 Å². The predicted molar refractivity (Wildman–Crippen MR) is 134 cm³/mol. The number of aromatic nitrogens is 1. The first-order valence-corrected chi connectivity index (χ1v) is 11.2. The van der Waals surface area contributed by atoms with Gasteiger partial charge in [-0.05, 0) is 43.9 Å². The van der Waals surface area contributed by atoms with Gasteiger partial charge in [-0.15, -0.1) is 24.0 Å². The van der Waals surface area contributed by atoms with E-state index >= 15 is 0 Å². The number of rotatable bonds is 6. The lowest BCUT2D eigenvalue weighted by Gasteiger charge is -2.21. The minimum atomic E-state index is 0. The number of carbonyl (C=O) groups is 1. The van der Waals surface area contributed by atoms with Crippen molar-refractivity contribution in [1.29, 1.82) is 0 Å². The second-order valence-corrected chi connectivity index (χ2v) is 7.94. The average Bonchev–Trinajstić information content (AvgIpc) is 3.04. The summed E-state index contributed by atoms with van der Waals surface area (Å²) in [6.07, 6.45) is 8.57. The number of hydrogen-bond donors (Lipinski definition) is 2. The minimum Gasteiger partial charge on any atom is -0.357 e. The lowest BCUT2D eigenvalue weighted by Crippen LogP contribution is -2.45. The Bertz CT molecular complexity index is 690. The Labute approximate surface area is 198 Å². The third kappa shape index (κ3) is 7.28. The van der Waals surface area contributed by atoms with Crippen molar-refractivity contribution in [3.05, 3.63) is 23.9 Å². The van der Waals surface area contributed by atoms with E-state index in [1.807, 2.05) is 24.1 Å². The second-order valence-electron chi connectivity index (χ2n) is 7.94. The number of nitrogens with one attached hydrogen (secondary N) is 2. The maximum Gasteiger partial charge on any atom is 0.222 e. The minimum absolute atomic E-state index is 0. The molecule has 2 N–H and O–H groups in total. The highest BCUT2D eigenvalue weighted by molar-refractivity contribution is 14.0. The fourth-order valence-electron chi connectivity index (χ4n) is 4.04. The molecule has 0 spiro atoms. The molecule has 3 rings (SSSR count). The predicted octanol–water partition coefficient (Wildman–Crippen LogP) is 3.15. The van der Waals surface area contributed by atoms with Crippen molar-refractivity contribution in [3.8, 4) is 0 Å². The highest BCUT2D eigenvalue weighted by Gasteiger charge is 2.25. The zero-order valence-corrected chi connectivity index (χ0v) is 20.7. The van der Waals surface area contributed by atoms with Gasteiger partial charge in [0.2, 0.25) is 5.91 Å². The van der Waals surface area contributed by atoms with E-state index in [0.29, 0.717) is 13.0 Å². The summed E-state index contributed by atoms with van der Waals surface area (Å²) in [5.74, 6) is 2.12. The van der Waals surface area contributed by atoms with Crippen LogP contribution in [0.15, 0.2) is 23.3 Å². The van der Waals surface area contributed by atoms with Crippen LogP contribution in [-0.2, 0) is 11.3 Å². The van der Waals surface area contributed by atoms with Gasteiger partial charge in [-0.25, -0.2) is 9.98 Å². The molecule has 2 saturated heterocycles. The van der Waals surface area contributed by atoms with Crippen LogP contribution >= 0.6 is 24.0 Å². The average molecular weight is 528 g/mol. The maximum absolute atomic E-state index is 11.9. The summed E-state index contributed by atoms with van der Waals surface area (Å²) in [6.45, 7) is 9.19. The molecule has 0 aliphatic carbocycles. The topological polar surface area (TPSA) is 72.9 Å². The monoisotopic (exact) mass is 528 g/mol. The molecule has 30 heavy (non-hydrogen) atoms. The molecule has 0 bridgehead atoms. The molecule has 2 aliphatic heterocycles. The number of hydrogen-bond acceptors (Lipinski definition) is 4. The van der Waals surface area contributed by atoms with Gasteiger partial charge in [0.05, 0.1) is 6.54 Å². The van der Waals surface area contributed by atoms with Crippen molar-refractivity contribution >= 4 is 41.7 Å². The van der Waals surface area contributed by atoms with Gasteiger partial charge in [0.1, 0.15) is 5.82 Å². The third-order valence-electron chi connectivity index (χ3n) is 5.69. The van der Waals surface area contributed by atoms with Gasteiger partial charge in [0.25, 0.3) is 0 Å². The molecule has 8 heteroatoms. The first-order valence-electron chi connectivity index (χ1n) is 11.2. The van der Waals surface area contributed by atoms with Crippen LogP contribution < -0.4 is 15.5 Å². The van der Waals surface area contributed by atoms with Crippen molar-refractivity contribution in [1.82, 2.24) is 20.5 Å². The largest absolute Gasteiger partial charge is 0.357 e. The van der Waals surface area contributed by atoms with E-state index < -0.39 is 0 Å². The number of halogens is 1. The molecule has 7 nitrogen and oxygen atoms in total. The van der Waals surface area contributed by atoms with E-state index in [4.69, 9.17) is 4.99 Å². The molecule has 1 atom stereocenters. The van der Waals surface area contributed by atoms with Crippen LogP contribution in [-0.4, -0.2) is 60.5 Å². The number of likely N-dealkylation sites (tertiary alicyclic amines) is 1.